The molecule has 0 bridgehead atoms. The van der Waals surface area contributed by atoms with Gasteiger partial charge in [-0.3, -0.25) is 4.79 Å². The van der Waals surface area contributed by atoms with Crippen LogP contribution in [0.5, 0.6) is 0 Å². The molecule has 182 valence electrons. The van der Waals surface area contributed by atoms with E-state index in [0.29, 0.717) is 24.4 Å². The summed E-state index contributed by atoms with van der Waals surface area (Å²) in [6, 6.07) is 17.1. The minimum Gasteiger partial charge on any atom is -0.457 e. The Morgan fingerprint density at radius 1 is 1.09 bits per heavy atom. The van der Waals surface area contributed by atoms with E-state index >= 15 is 0 Å². The monoisotopic (exact) mass is 491 g/mol. The Bertz CT molecular complexity index is 1190. The SMILES string of the molecule is COCCNC(=O)CC1=CSC2=NC(C)=C(C(=O)OCc3ccccc3)[C@H](c3ccccc3C)N12. The Balaban J connectivity index is 1.64. The van der Waals surface area contributed by atoms with Gasteiger partial charge in [0.05, 0.1) is 30.3 Å². The summed E-state index contributed by atoms with van der Waals surface area (Å²) in [6.07, 6.45) is 0.170. The number of allylic oxidation sites excluding steroid dienone is 1. The van der Waals surface area contributed by atoms with Crippen molar-refractivity contribution in [3.05, 3.63) is 93.7 Å². The Morgan fingerprint density at radius 2 is 1.83 bits per heavy atom. The fourth-order valence-corrected chi connectivity index (χ4v) is 5.10. The van der Waals surface area contributed by atoms with Gasteiger partial charge in [0.2, 0.25) is 5.91 Å². The molecule has 0 saturated carbocycles. The number of fused-ring (bicyclic) bond motifs is 1. The van der Waals surface area contributed by atoms with Gasteiger partial charge in [0.15, 0.2) is 5.17 Å². The number of hydrogen-bond acceptors (Lipinski definition) is 7. The maximum Gasteiger partial charge on any atom is 0.338 e. The van der Waals surface area contributed by atoms with E-state index in [-0.39, 0.29) is 18.9 Å². The summed E-state index contributed by atoms with van der Waals surface area (Å²) in [7, 11) is 1.60. The van der Waals surface area contributed by atoms with Crippen molar-refractivity contribution < 1.29 is 19.1 Å². The van der Waals surface area contributed by atoms with Crippen LogP contribution in [0.25, 0.3) is 0 Å². The molecule has 4 rings (SSSR count). The molecule has 0 aliphatic carbocycles. The number of methoxy groups -OCH3 is 1. The van der Waals surface area contributed by atoms with Crippen LogP contribution in [0.2, 0.25) is 0 Å². The Morgan fingerprint density at radius 3 is 2.57 bits per heavy atom. The number of aliphatic imine (C=N–C) groups is 1. The third-order valence-corrected chi connectivity index (χ3v) is 6.78. The van der Waals surface area contributed by atoms with Crippen molar-refractivity contribution in [2.75, 3.05) is 20.3 Å². The van der Waals surface area contributed by atoms with Crippen molar-refractivity contribution in [1.82, 2.24) is 10.2 Å². The topological polar surface area (TPSA) is 80.2 Å². The van der Waals surface area contributed by atoms with Crippen molar-refractivity contribution in [2.45, 2.75) is 32.9 Å². The summed E-state index contributed by atoms with van der Waals surface area (Å²) in [5.41, 5.74) is 4.82. The van der Waals surface area contributed by atoms with Crippen LogP contribution in [0, 0.1) is 6.92 Å². The maximum atomic E-state index is 13.5. The summed E-state index contributed by atoms with van der Waals surface area (Å²) < 4.78 is 10.8. The number of amidine groups is 1. The molecule has 1 N–H and O–H groups in total. The normalized spacial score (nSPS) is 17.0. The first-order chi connectivity index (χ1) is 17.0. The first-order valence-corrected chi connectivity index (χ1v) is 12.3. The second-order valence-electron chi connectivity index (χ2n) is 8.33. The summed E-state index contributed by atoms with van der Waals surface area (Å²) >= 11 is 1.46. The van der Waals surface area contributed by atoms with Crippen molar-refractivity contribution in [2.24, 2.45) is 4.99 Å². The van der Waals surface area contributed by atoms with E-state index < -0.39 is 12.0 Å². The number of hydrogen-bond donors (Lipinski definition) is 1. The number of esters is 1. The van der Waals surface area contributed by atoms with Crippen LogP contribution in [0.4, 0.5) is 0 Å². The number of amides is 1. The molecule has 0 fully saturated rings. The Labute approximate surface area is 209 Å². The van der Waals surface area contributed by atoms with Crippen LogP contribution in [-0.4, -0.2) is 42.2 Å². The highest BCUT2D eigenvalue weighted by Gasteiger charge is 2.41. The van der Waals surface area contributed by atoms with Crippen LogP contribution in [0.15, 0.2) is 82.0 Å². The number of benzene rings is 2. The first kappa shape index (κ1) is 24.8. The van der Waals surface area contributed by atoms with E-state index in [1.165, 1.54) is 11.8 Å². The van der Waals surface area contributed by atoms with E-state index in [4.69, 9.17) is 14.5 Å². The molecule has 0 saturated heterocycles. The molecule has 0 radical (unpaired) electrons. The molecule has 2 aliphatic rings. The number of thioether (sulfide) groups is 1. The van der Waals surface area contributed by atoms with Crippen LogP contribution in [-0.2, 0) is 25.7 Å². The summed E-state index contributed by atoms with van der Waals surface area (Å²) in [6.45, 7) is 4.92. The average molecular weight is 492 g/mol. The number of aryl methyl sites for hydroxylation is 1. The zero-order valence-electron chi connectivity index (χ0n) is 20.1. The second-order valence-corrected chi connectivity index (χ2v) is 9.17. The number of carbonyl (C=O) groups is 2. The Kier molecular flexibility index (Phi) is 8.05. The Hall–Kier alpha value is -3.36. The molecule has 1 atom stereocenters. The standard InChI is InChI=1S/C27H29N3O4S/c1-18-9-7-8-12-22(18)25-24(26(32)34-16-20-10-5-4-6-11-20)19(2)29-27-30(25)21(17-35-27)15-23(31)28-13-14-33-3/h4-12,17,25H,13-16H2,1-3H3,(H,28,31)/t25-/m0/s1. The molecular formula is C27H29N3O4S. The van der Waals surface area contributed by atoms with Crippen molar-refractivity contribution in [3.63, 3.8) is 0 Å². The van der Waals surface area contributed by atoms with Gasteiger partial charge in [0.1, 0.15) is 6.61 Å². The van der Waals surface area contributed by atoms with E-state index in [1.54, 1.807) is 7.11 Å². The zero-order chi connectivity index (χ0) is 24.8. The predicted octanol–water partition coefficient (Wildman–Crippen LogP) is 4.47. The van der Waals surface area contributed by atoms with Crippen LogP contribution < -0.4 is 5.32 Å². The lowest BCUT2D eigenvalue weighted by atomic mass is 9.91. The summed E-state index contributed by atoms with van der Waals surface area (Å²) in [5.74, 6) is -0.527. The maximum absolute atomic E-state index is 13.5. The number of carbonyl (C=O) groups excluding carboxylic acids is 2. The largest absolute Gasteiger partial charge is 0.457 e. The van der Waals surface area contributed by atoms with E-state index in [0.717, 1.165) is 27.6 Å². The third kappa shape index (κ3) is 5.66. The van der Waals surface area contributed by atoms with Gasteiger partial charge in [0.25, 0.3) is 0 Å². The number of ether oxygens (including phenoxy) is 2. The van der Waals surface area contributed by atoms with Crippen LogP contribution >= 0.6 is 11.8 Å². The predicted molar refractivity (Wildman–Crippen MR) is 137 cm³/mol. The molecule has 0 aromatic heterocycles. The number of nitrogens with zero attached hydrogens (tertiary/aromatic N) is 2. The highest BCUT2D eigenvalue weighted by molar-refractivity contribution is 8.16. The van der Waals surface area contributed by atoms with Gasteiger partial charge in [-0.2, -0.15) is 0 Å². The molecule has 8 heteroatoms. The van der Waals surface area contributed by atoms with Gasteiger partial charge in [-0.15, -0.1) is 0 Å². The third-order valence-electron chi connectivity index (χ3n) is 5.89. The van der Waals surface area contributed by atoms with Gasteiger partial charge >= 0.3 is 5.97 Å². The smallest absolute Gasteiger partial charge is 0.338 e. The van der Waals surface area contributed by atoms with E-state index in [1.807, 2.05) is 78.8 Å². The molecule has 0 unspecified atom stereocenters. The molecular weight excluding hydrogens is 462 g/mol. The highest BCUT2D eigenvalue weighted by atomic mass is 32.2. The molecule has 2 aromatic rings. The van der Waals surface area contributed by atoms with E-state index in [9.17, 15) is 9.59 Å². The molecule has 2 aromatic carbocycles. The van der Waals surface area contributed by atoms with Crippen LogP contribution in [0.1, 0.15) is 36.1 Å². The minimum atomic E-state index is -0.444. The number of rotatable bonds is 9. The fourth-order valence-electron chi connectivity index (χ4n) is 4.14. The van der Waals surface area contributed by atoms with Crippen molar-refractivity contribution in [3.8, 4) is 0 Å². The highest BCUT2D eigenvalue weighted by Crippen LogP contribution is 2.45. The molecule has 2 aliphatic heterocycles. The van der Waals surface area contributed by atoms with Gasteiger partial charge in [-0.1, -0.05) is 66.4 Å². The van der Waals surface area contributed by atoms with Gasteiger partial charge < -0.3 is 19.7 Å². The lowest BCUT2D eigenvalue weighted by Gasteiger charge is -2.37. The van der Waals surface area contributed by atoms with E-state index in [2.05, 4.69) is 5.32 Å². The summed E-state index contributed by atoms with van der Waals surface area (Å²) in [4.78, 5) is 32.8. The van der Waals surface area contributed by atoms with Gasteiger partial charge in [-0.25, -0.2) is 9.79 Å². The first-order valence-electron chi connectivity index (χ1n) is 11.5. The quantitative estimate of drug-likeness (QED) is 0.412. The van der Waals surface area contributed by atoms with Gasteiger partial charge in [0, 0.05) is 19.4 Å². The van der Waals surface area contributed by atoms with Gasteiger partial charge in [-0.05, 0) is 35.9 Å². The summed E-state index contributed by atoms with van der Waals surface area (Å²) in [5, 5.41) is 5.55. The lowest BCUT2D eigenvalue weighted by Crippen LogP contribution is -2.38. The molecule has 0 spiro atoms. The molecule has 2 heterocycles. The van der Waals surface area contributed by atoms with Crippen molar-refractivity contribution in [1.29, 1.82) is 0 Å². The minimum absolute atomic E-state index is 0.113. The number of nitrogens with one attached hydrogen (secondary N) is 1. The molecule has 1 amide bonds. The lowest BCUT2D eigenvalue weighted by molar-refractivity contribution is -0.141. The zero-order valence-corrected chi connectivity index (χ0v) is 20.9. The molecule has 7 nitrogen and oxygen atoms in total. The average Bonchev–Trinajstić information content (AvgIpc) is 3.24. The fraction of sp³-hybridized carbons (Fsp3) is 0.296. The van der Waals surface area contributed by atoms with Crippen molar-refractivity contribution >= 4 is 28.8 Å². The van der Waals surface area contributed by atoms with Crippen LogP contribution in [0.3, 0.4) is 0 Å². The molecule has 35 heavy (non-hydrogen) atoms. The second kappa shape index (κ2) is 11.4.